The fourth-order valence-corrected chi connectivity index (χ4v) is 4.45. The van der Waals surface area contributed by atoms with Gasteiger partial charge < -0.3 is 10.1 Å². The number of thiophene rings is 1. The molecule has 0 unspecified atom stereocenters. The number of carbonyl (C=O) groups excluding carboxylic acids is 1. The third kappa shape index (κ3) is 3.07. The third-order valence-corrected chi connectivity index (χ3v) is 6.10. The fraction of sp³-hybridized carbons (Fsp3) is 0.706. The maximum atomic E-state index is 12.3. The molecule has 1 N–H and O–H groups in total. The standard InChI is InChI=1S/C17H24N2O2S/c20-17(18-14-2-1-3-14)15-8-13-4-6-19(10-16(13)21-15)9-12-5-7-22-11-12/h5,7,11,13-16H,1-4,6,8-10H2,(H,18,20)/t13-,15+,16-/m1/s1. The van der Waals surface area contributed by atoms with E-state index in [1.54, 1.807) is 11.3 Å². The molecule has 0 bridgehead atoms. The summed E-state index contributed by atoms with van der Waals surface area (Å²) in [6.07, 6.45) is 5.62. The van der Waals surface area contributed by atoms with E-state index in [1.807, 2.05) is 0 Å². The molecule has 1 aromatic rings. The van der Waals surface area contributed by atoms with Crippen LogP contribution in [0.25, 0.3) is 0 Å². The minimum Gasteiger partial charge on any atom is -0.364 e. The van der Waals surface area contributed by atoms with Crippen LogP contribution >= 0.6 is 11.3 Å². The Balaban J connectivity index is 1.30. The third-order valence-electron chi connectivity index (χ3n) is 5.37. The summed E-state index contributed by atoms with van der Waals surface area (Å²) in [6, 6.07) is 2.61. The molecule has 4 rings (SSSR count). The van der Waals surface area contributed by atoms with Gasteiger partial charge in [0.25, 0.3) is 0 Å². The van der Waals surface area contributed by atoms with Crippen molar-refractivity contribution in [1.29, 1.82) is 0 Å². The first-order valence-corrected chi connectivity index (χ1v) is 9.41. The number of carbonyl (C=O) groups is 1. The molecule has 3 heterocycles. The molecule has 2 saturated heterocycles. The highest BCUT2D eigenvalue weighted by atomic mass is 32.1. The molecule has 120 valence electrons. The Morgan fingerprint density at radius 3 is 3.05 bits per heavy atom. The second-order valence-corrected chi connectivity index (χ2v) is 7.73. The van der Waals surface area contributed by atoms with Gasteiger partial charge in [0.05, 0.1) is 6.10 Å². The molecule has 1 saturated carbocycles. The second-order valence-electron chi connectivity index (χ2n) is 6.95. The lowest BCUT2D eigenvalue weighted by molar-refractivity contribution is -0.134. The zero-order valence-corrected chi connectivity index (χ0v) is 13.7. The quantitative estimate of drug-likeness (QED) is 0.926. The molecule has 3 fully saturated rings. The molecule has 5 heteroatoms. The number of rotatable bonds is 4. The van der Waals surface area contributed by atoms with Crippen molar-refractivity contribution in [3.8, 4) is 0 Å². The first-order valence-electron chi connectivity index (χ1n) is 8.47. The van der Waals surface area contributed by atoms with Gasteiger partial charge in [-0.15, -0.1) is 0 Å². The van der Waals surface area contributed by atoms with Crippen LogP contribution in [0.15, 0.2) is 16.8 Å². The van der Waals surface area contributed by atoms with Gasteiger partial charge >= 0.3 is 0 Å². The van der Waals surface area contributed by atoms with Crippen molar-refractivity contribution in [2.24, 2.45) is 5.92 Å². The van der Waals surface area contributed by atoms with Crippen molar-refractivity contribution >= 4 is 17.2 Å². The van der Waals surface area contributed by atoms with E-state index in [-0.39, 0.29) is 18.1 Å². The van der Waals surface area contributed by atoms with Crippen molar-refractivity contribution in [2.75, 3.05) is 13.1 Å². The smallest absolute Gasteiger partial charge is 0.249 e. The number of likely N-dealkylation sites (tertiary alicyclic amines) is 1. The summed E-state index contributed by atoms with van der Waals surface area (Å²) in [5, 5.41) is 7.49. The summed E-state index contributed by atoms with van der Waals surface area (Å²) < 4.78 is 6.09. The lowest BCUT2D eigenvalue weighted by atomic mass is 9.90. The maximum absolute atomic E-state index is 12.3. The van der Waals surface area contributed by atoms with Crippen molar-refractivity contribution in [2.45, 2.75) is 56.9 Å². The van der Waals surface area contributed by atoms with Gasteiger partial charge in [0.15, 0.2) is 0 Å². The Labute approximate surface area is 135 Å². The van der Waals surface area contributed by atoms with Crippen LogP contribution in [-0.4, -0.2) is 42.1 Å². The number of nitrogens with one attached hydrogen (secondary N) is 1. The summed E-state index contributed by atoms with van der Waals surface area (Å²) >= 11 is 1.75. The van der Waals surface area contributed by atoms with Gasteiger partial charge in [-0.05, 0) is 67.0 Å². The summed E-state index contributed by atoms with van der Waals surface area (Å²) in [5.74, 6) is 0.694. The van der Waals surface area contributed by atoms with Gasteiger partial charge in [-0.25, -0.2) is 0 Å². The molecule has 1 aliphatic carbocycles. The molecule has 0 spiro atoms. The molecule has 1 aromatic heterocycles. The Morgan fingerprint density at radius 2 is 2.32 bits per heavy atom. The van der Waals surface area contributed by atoms with Crippen molar-refractivity contribution in [3.05, 3.63) is 22.4 Å². The predicted molar refractivity (Wildman–Crippen MR) is 86.8 cm³/mol. The van der Waals surface area contributed by atoms with Crippen molar-refractivity contribution in [1.82, 2.24) is 10.2 Å². The predicted octanol–water partition coefficient (Wildman–Crippen LogP) is 2.40. The van der Waals surface area contributed by atoms with E-state index < -0.39 is 0 Å². The molecule has 3 aliphatic rings. The highest BCUT2D eigenvalue weighted by molar-refractivity contribution is 7.07. The number of hydrogen-bond acceptors (Lipinski definition) is 4. The molecular formula is C17H24N2O2S. The number of hydrogen-bond donors (Lipinski definition) is 1. The Morgan fingerprint density at radius 1 is 1.41 bits per heavy atom. The number of nitrogens with zero attached hydrogens (tertiary/aromatic N) is 1. The highest BCUT2D eigenvalue weighted by Gasteiger charge is 2.42. The van der Waals surface area contributed by atoms with E-state index in [2.05, 4.69) is 27.0 Å². The molecule has 4 nitrogen and oxygen atoms in total. The van der Waals surface area contributed by atoms with Crippen LogP contribution in [0, 0.1) is 5.92 Å². The van der Waals surface area contributed by atoms with E-state index in [1.165, 1.54) is 12.0 Å². The van der Waals surface area contributed by atoms with Crippen molar-refractivity contribution in [3.63, 3.8) is 0 Å². The van der Waals surface area contributed by atoms with E-state index in [4.69, 9.17) is 4.74 Å². The topological polar surface area (TPSA) is 41.6 Å². The summed E-state index contributed by atoms with van der Waals surface area (Å²) in [6.45, 7) is 3.10. The van der Waals surface area contributed by atoms with E-state index in [0.29, 0.717) is 12.0 Å². The summed E-state index contributed by atoms with van der Waals surface area (Å²) in [4.78, 5) is 14.7. The van der Waals surface area contributed by atoms with Gasteiger partial charge in [-0.2, -0.15) is 11.3 Å². The average Bonchev–Trinajstić information content (AvgIpc) is 3.11. The monoisotopic (exact) mass is 320 g/mol. The maximum Gasteiger partial charge on any atom is 0.249 e. The van der Waals surface area contributed by atoms with Gasteiger partial charge in [-0.3, -0.25) is 9.69 Å². The number of amides is 1. The minimum atomic E-state index is -0.211. The molecule has 1 amide bonds. The first-order chi connectivity index (χ1) is 10.8. The first kappa shape index (κ1) is 14.7. The van der Waals surface area contributed by atoms with Crippen LogP contribution < -0.4 is 5.32 Å². The van der Waals surface area contributed by atoms with Gasteiger partial charge in [-0.1, -0.05) is 0 Å². The van der Waals surface area contributed by atoms with Crippen LogP contribution in [0.4, 0.5) is 0 Å². The van der Waals surface area contributed by atoms with E-state index in [0.717, 1.165) is 45.3 Å². The van der Waals surface area contributed by atoms with Gasteiger partial charge in [0.1, 0.15) is 6.10 Å². The normalized spacial score (nSPS) is 32.5. The average molecular weight is 320 g/mol. The number of piperidine rings is 1. The molecule has 3 atom stereocenters. The van der Waals surface area contributed by atoms with Crippen LogP contribution in [0.5, 0.6) is 0 Å². The Bertz CT molecular complexity index is 515. The molecule has 0 radical (unpaired) electrons. The number of ether oxygens (including phenoxy) is 1. The summed E-state index contributed by atoms with van der Waals surface area (Å²) in [7, 11) is 0. The van der Waals surface area contributed by atoms with Crippen LogP contribution in [0.2, 0.25) is 0 Å². The van der Waals surface area contributed by atoms with Gasteiger partial charge in [0, 0.05) is 19.1 Å². The van der Waals surface area contributed by atoms with Crippen LogP contribution in [-0.2, 0) is 16.1 Å². The minimum absolute atomic E-state index is 0.128. The Hall–Kier alpha value is -0.910. The van der Waals surface area contributed by atoms with Gasteiger partial charge in [0.2, 0.25) is 5.91 Å². The second kappa shape index (κ2) is 6.30. The number of fused-ring (bicyclic) bond motifs is 1. The molecule has 22 heavy (non-hydrogen) atoms. The highest BCUT2D eigenvalue weighted by Crippen LogP contribution is 2.34. The lowest BCUT2D eigenvalue weighted by Crippen LogP contribution is -2.45. The molecule has 0 aromatic carbocycles. The molecular weight excluding hydrogens is 296 g/mol. The van der Waals surface area contributed by atoms with Crippen LogP contribution in [0.1, 0.15) is 37.7 Å². The zero-order valence-electron chi connectivity index (χ0n) is 12.9. The van der Waals surface area contributed by atoms with E-state index in [9.17, 15) is 4.79 Å². The van der Waals surface area contributed by atoms with E-state index >= 15 is 0 Å². The Kier molecular flexibility index (Phi) is 4.20. The SMILES string of the molecule is O=C(NC1CCC1)[C@@H]1C[C@H]2CCN(Cc3ccsc3)C[C@H]2O1. The van der Waals surface area contributed by atoms with Crippen molar-refractivity contribution < 1.29 is 9.53 Å². The van der Waals surface area contributed by atoms with Crippen LogP contribution in [0.3, 0.4) is 0 Å². The largest absolute Gasteiger partial charge is 0.364 e. The molecule has 2 aliphatic heterocycles. The fourth-order valence-electron chi connectivity index (χ4n) is 3.79. The lowest BCUT2D eigenvalue weighted by Gasteiger charge is -2.33. The zero-order chi connectivity index (χ0) is 14.9. The summed E-state index contributed by atoms with van der Waals surface area (Å²) in [5.41, 5.74) is 1.39.